The molecule has 2 aromatic rings. The van der Waals surface area contributed by atoms with Crippen molar-refractivity contribution in [2.45, 2.75) is 32.6 Å². The predicted molar refractivity (Wildman–Crippen MR) is 106 cm³/mol. The van der Waals surface area contributed by atoms with E-state index in [0.29, 0.717) is 16.4 Å². The molecule has 8 heteroatoms. The Balaban J connectivity index is 1.73. The van der Waals surface area contributed by atoms with E-state index in [2.05, 4.69) is 20.9 Å². The van der Waals surface area contributed by atoms with Gasteiger partial charge in [0.05, 0.1) is 5.69 Å². The molecule has 7 nitrogen and oxygen atoms in total. The van der Waals surface area contributed by atoms with Gasteiger partial charge in [0.2, 0.25) is 0 Å². The first-order valence-corrected chi connectivity index (χ1v) is 9.76. The number of benzene rings is 1. The number of carbonyl (C=O) groups excluding carboxylic acids is 3. The topological polar surface area (TPSA) is 100 Å². The first kappa shape index (κ1) is 19.0. The summed E-state index contributed by atoms with van der Waals surface area (Å²) in [4.78, 5) is 40.8. The van der Waals surface area contributed by atoms with Gasteiger partial charge in [-0.2, -0.15) is 0 Å². The van der Waals surface area contributed by atoms with Gasteiger partial charge in [-0.25, -0.2) is 9.78 Å². The van der Waals surface area contributed by atoms with E-state index in [1.807, 2.05) is 19.1 Å². The molecule has 1 aromatic carbocycles. The molecule has 1 heterocycles. The van der Waals surface area contributed by atoms with Gasteiger partial charge in [0, 0.05) is 23.9 Å². The number of hydrogen-bond acceptors (Lipinski definition) is 5. The first-order valence-electron chi connectivity index (χ1n) is 8.88. The Bertz CT molecular complexity index is 872. The van der Waals surface area contributed by atoms with Crippen molar-refractivity contribution in [3.63, 3.8) is 0 Å². The van der Waals surface area contributed by atoms with Crippen LogP contribution in [0.25, 0.3) is 0 Å². The van der Waals surface area contributed by atoms with Crippen LogP contribution in [-0.4, -0.2) is 29.8 Å². The number of nitrogens with zero attached hydrogens (tertiary/aromatic N) is 1. The maximum absolute atomic E-state index is 12.8. The molecule has 1 saturated carbocycles. The Morgan fingerprint density at radius 2 is 1.89 bits per heavy atom. The van der Waals surface area contributed by atoms with E-state index in [1.165, 1.54) is 7.05 Å². The second-order valence-corrected chi connectivity index (χ2v) is 7.45. The van der Waals surface area contributed by atoms with E-state index in [1.54, 1.807) is 11.4 Å². The smallest absolute Gasteiger partial charge is 0.325 e. The molecule has 142 valence electrons. The fraction of sp³-hybridized carbons (Fsp3) is 0.368. The van der Waals surface area contributed by atoms with E-state index >= 15 is 0 Å². The highest BCUT2D eigenvalue weighted by atomic mass is 32.1. The number of urea groups is 1. The standard InChI is InChI=1S/C19H22N4O3S/c1-11-7-8-14(13(9-11)16(24)12-5-3-4-6-12)21-18(26)23-19-22-15(10-27-19)17(25)20-2/h7-10,12H,3-6H2,1-2H3,(H,20,25)(H2,21,22,23,26). The minimum absolute atomic E-state index is 0.0319. The van der Waals surface area contributed by atoms with Gasteiger partial charge in [0.25, 0.3) is 5.91 Å². The van der Waals surface area contributed by atoms with Crippen LogP contribution >= 0.6 is 11.3 Å². The zero-order chi connectivity index (χ0) is 19.4. The summed E-state index contributed by atoms with van der Waals surface area (Å²) in [6.45, 7) is 1.92. The fourth-order valence-corrected chi connectivity index (χ4v) is 3.88. The molecule has 3 amide bonds. The molecule has 3 N–H and O–H groups in total. The van der Waals surface area contributed by atoms with Crippen molar-refractivity contribution in [3.05, 3.63) is 40.4 Å². The van der Waals surface area contributed by atoms with Crippen LogP contribution in [0.5, 0.6) is 0 Å². The maximum Gasteiger partial charge on any atom is 0.325 e. The maximum atomic E-state index is 12.8. The van der Waals surface area contributed by atoms with E-state index < -0.39 is 6.03 Å². The SMILES string of the molecule is CNC(=O)c1csc(NC(=O)Nc2ccc(C)cc2C(=O)C2CCCC2)n1. The number of aryl methyl sites for hydroxylation is 1. The molecule has 0 atom stereocenters. The van der Waals surface area contributed by atoms with Gasteiger partial charge in [0.1, 0.15) is 5.69 Å². The number of Topliss-reactive ketones (excluding diaryl/α,β-unsaturated/α-hetero) is 1. The van der Waals surface area contributed by atoms with Crippen LogP contribution in [-0.2, 0) is 0 Å². The quantitative estimate of drug-likeness (QED) is 0.680. The summed E-state index contributed by atoms with van der Waals surface area (Å²) < 4.78 is 0. The fourth-order valence-electron chi connectivity index (χ4n) is 3.19. The molecule has 1 aliphatic carbocycles. The van der Waals surface area contributed by atoms with Crippen LogP contribution in [0.15, 0.2) is 23.6 Å². The number of carbonyl (C=O) groups is 3. The monoisotopic (exact) mass is 386 g/mol. The van der Waals surface area contributed by atoms with Crippen molar-refractivity contribution in [2.75, 3.05) is 17.7 Å². The van der Waals surface area contributed by atoms with Crippen LogP contribution in [0.1, 0.15) is 52.1 Å². The predicted octanol–water partition coefficient (Wildman–Crippen LogP) is 3.83. The highest BCUT2D eigenvalue weighted by Gasteiger charge is 2.26. The largest absolute Gasteiger partial charge is 0.354 e. The number of amides is 3. The summed E-state index contributed by atoms with van der Waals surface area (Å²) in [5.74, 6) is -0.199. The molecule has 0 radical (unpaired) electrons. The highest BCUT2D eigenvalue weighted by Crippen LogP contribution is 2.31. The first-order chi connectivity index (χ1) is 13.0. The molecular formula is C19H22N4O3S. The Labute approximate surface area is 161 Å². The lowest BCUT2D eigenvalue weighted by molar-refractivity contribution is 0.0922. The minimum atomic E-state index is -0.503. The Kier molecular flexibility index (Phi) is 5.85. The zero-order valence-corrected chi connectivity index (χ0v) is 16.1. The number of thiazole rings is 1. The lowest BCUT2D eigenvalue weighted by atomic mass is 9.94. The van der Waals surface area contributed by atoms with Gasteiger partial charge >= 0.3 is 6.03 Å². The zero-order valence-electron chi connectivity index (χ0n) is 15.3. The van der Waals surface area contributed by atoms with Gasteiger partial charge in [-0.3, -0.25) is 14.9 Å². The van der Waals surface area contributed by atoms with Gasteiger partial charge in [-0.15, -0.1) is 11.3 Å². The Morgan fingerprint density at radius 1 is 1.15 bits per heavy atom. The second kappa shape index (κ2) is 8.30. The Hall–Kier alpha value is -2.74. The van der Waals surface area contributed by atoms with Gasteiger partial charge in [0.15, 0.2) is 10.9 Å². The van der Waals surface area contributed by atoms with Gasteiger partial charge in [-0.1, -0.05) is 24.5 Å². The van der Waals surface area contributed by atoms with Gasteiger partial charge < -0.3 is 10.6 Å². The summed E-state index contributed by atoms with van der Waals surface area (Å²) in [7, 11) is 1.52. The average molecular weight is 386 g/mol. The minimum Gasteiger partial charge on any atom is -0.354 e. The molecule has 1 aliphatic rings. The molecule has 0 bridgehead atoms. The third-order valence-electron chi connectivity index (χ3n) is 4.60. The highest BCUT2D eigenvalue weighted by molar-refractivity contribution is 7.14. The summed E-state index contributed by atoms with van der Waals surface area (Å²) >= 11 is 1.15. The summed E-state index contributed by atoms with van der Waals surface area (Å²) in [5.41, 5.74) is 2.24. The van der Waals surface area contributed by atoms with Crippen LogP contribution in [0.3, 0.4) is 0 Å². The van der Waals surface area contributed by atoms with Gasteiger partial charge in [-0.05, 0) is 31.9 Å². The summed E-state index contributed by atoms with van der Waals surface area (Å²) in [5, 5.41) is 9.70. The van der Waals surface area contributed by atoms with Crippen molar-refractivity contribution < 1.29 is 14.4 Å². The number of anilines is 2. The Morgan fingerprint density at radius 3 is 2.59 bits per heavy atom. The number of ketones is 1. The third kappa shape index (κ3) is 4.51. The molecule has 0 spiro atoms. The molecule has 1 aromatic heterocycles. The van der Waals surface area contributed by atoms with Crippen LogP contribution in [0, 0.1) is 12.8 Å². The summed E-state index contributed by atoms with van der Waals surface area (Å²) in [6, 6.07) is 4.92. The second-order valence-electron chi connectivity index (χ2n) is 6.59. The third-order valence-corrected chi connectivity index (χ3v) is 5.36. The van der Waals surface area contributed by atoms with Crippen molar-refractivity contribution in [1.29, 1.82) is 0 Å². The van der Waals surface area contributed by atoms with E-state index in [4.69, 9.17) is 0 Å². The number of aromatic nitrogens is 1. The van der Waals surface area contributed by atoms with E-state index in [-0.39, 0.29) is 23.3 Å². The molecule has 0 aliphatic heterocycles. The summed E-state index contributed by atoms with van der Waals surface area (Å²) in [6.07, 6.45) is 3.95. The number of hydrogen-bond donors (Lipinski definition) is 3. The number of nitrogens with one attached hydrogen (secondary N) is 3. The molecule has 3 rings (SSSR count). The molecular weight excluding hydrogens is 364 g/mol. The van der Waals surface area contributed by atoms with Crippen molar-refractivity contribution in [1.82, 2.24) is 10.3 Å². The molecule has 1 fully saturated rings. The van der Waals surface area contributed by atoms with Crippen molar-refractivity contribution >= 4 is 39.9 Å². The van der Waals surface area contributed by atoms with Crippen LogP contribution in [0.2, 0.25) is 0 Å². The molecule has 27 heavy (non-hydrogen) atoms. The lowest BCUT2D eigenvalue weighted by Gasteiger charge is -2.14. The lowest BCUT2D eigenvalue weighted by Crippen LogP contribution is -2.22. The average Bonchev–Trinajstić information content (AvgIpc) is 3.34. The van der Waals surface area contributed by atoms with Crippen molar-refractivity contribution in [3.8, 4) is 0 Å². The van der Waals surface area contributed by atoms with E-state index in [0.717, 1.165) is 42.6 Å². The van der Waals surface area contributed by atoms with E-state index in [9.17, 15) is 14.4 Å². The van der Waals surface area contributed by atoms with Crippen molar-refractivity contribution in [2.24, 2.45) is 5.92 Å². The molecule has 0 unspecified atom stereocenters. The normalized spacial score (nSPS) is 14.0. The van der Waals surface area contributed by atoms with Crippen LogP contribution in [0.4, 0.5) is 15.6 Å². The van der Waals surface area contributed by atoms with Crippen LogP contribution < -0.4 is 16.0 Å². The molecule has 0 saturated heterocycles. The number of rotatable bonds is 5.